The van der Waals surface area contributed by atoms with Crippen LogP contribution in [0.25, 0.3) is 15.9 Å². The minimum Gasteiger partial charge on any atom is -0.339 e. The Morgan fingerprint density at radius 3 is 2.82 bits per heavy atom. The number of aromatic nitrogens is 2. The van der Waals surface area contributed by atoms with Gasteiger partial charge in [0.2, 0.25) is 5.91 Å². The Hall–Kier alpha value is -1.83. The van der Waals surface area contributed by atoms with Crippen LogP contribution < -0.4 is 5.56 Å². The molecule has 4 rings (SSSR count). The van der Waals surface area contributed by atoms with E-state index in [2.05, 4.69) is 11.9 Å². The van der Waals surface area contributed by atoms with E-state index in [1.165, 1.54) is 29.5 Å². The summed E-state index contributed by atoms with van der Waals surface area (Å²) in [5.41, 5.74) is 1.24. The Balaban J connectivity index is 1.67. The quantitative estimate of drug-likeness (QED) is 0.446. The SMILES string of the molecule is C[C@H]1CCCCN1C(=O)CSc1nc2ccsc2c(=O)n1-c1ccc(Cl)cc1. The number of benzene rings is 1. The highest BCUT2D eigenvalue weighted by Crippen LogP contribution is 2.25. The first kappa shape index (κ1) is 19.5. The Labute approximate surface area is 176 Å². The fourth-order valence-corrected chi connectivity index (χ4v) is 5.27. The molecule has 3 aromatic rings. The first-order chi connectivity index (χ1) is 13.5. The number of rotatable bonds is 4. The summed E-state index contributed by atoms with van der Waals surface area (Å²) >= 11 is 8.69. The van der Waals surface area contributed by atoms with Crippen LogP contribution in [0.2, 0.25) is 5.02 Å². The van der Waals surface area contributed by atoms with Crippen LogP contribution in [-0.4, -0.2) is 38.7 Å². The third kappa shape index (κ3) is 3.83. The molecular formula is C20H20ClN3O2S2. The zero-order chi connectivity index (χ0) is 19.7. The monoisotopic (exact) mass is 433 g/mol. The number of likely N-dealkylation sites (tertiary alicyclic amines) is 1. The average Bonchev–Trinajstić information content (AvgIpc) is 3.16. The van der Waals surface area contributed by atoms with Crippen LogP contribution in [-0.2, 0) is 4.79 Å². The average molecular weight is 434 g/mol. The highest BCUT2D eigenvalue weighted by molar-refractivity contribution is 7.99. The zero-order valence-electron chi connectivity index (χ0n) is 15.4. The lowest BCUT2D eigenvalue weighted by molar-refractivity contribution is -0.131. The molecule has 0 aliphatic carbocycles. The summed E-state index contributed by atoms with van der Waals surface area (Å²) in [6.45, 7) is 2.91. The number of thioether (sulfide) groups is 1. The number of amides is 1. The van der Waals surface area contributed by atoms with E-state index in [4.69, 9.17) is 11.6 Å². The van der Waals surface area contributed by atoms with Crippen molar-refractivity contribution in [3.8, 4) is 5.69 Å². The Kier molecular flexibility index (Phi) is 5.75. The molecule has 0 radical (unpaired) electrons. The fourth-order valence-electron chi connectivity index (χ4n) is 3.48. The Morgan fingerprint density at radius 1 is 1.29 bits per heavy atom. The maximum absolute atomic E-state index is 13.1. The lowest BCUT2D eigenvalue weighted by Crippen LogP contribution is -2.43. The topological polar surface area (TPSA) is 55.2 Å². The molecule has 0 spiro atoms. The predicted molar refractivity (Wildman–Crippen MR) is 116 cm³/mol. The standard InChI is InChI=1S/C20H20ClN3O2S2/c1-13-4-2-3-10-23(13)17(25)12-28-20-22-16-9-11-27-18(16)19(26)24(20)15-7-5-14(21)6-8-15/h5-9,11,13H,2-4,10,12H2,1H3/t13-/m0/s1. The molecule has 1 fully saturated rings. The highest BCUT2D eigenvalue weighted by atomic mass is 35.5. The molecule has 3 heterocycles. The molecule has 1 aromatic carbocycles. The van der Waals surface area contributed by atoms with Gasteiger partial charge in [0, 0.05) is 17.6 Å². The van der Waals surface area contributed by atoms with Gasteiger partial charge in [0.05, 0.1) is 17.0 Å². The number of halogens is 1. The molecular weight excluding hydrogens is 414 g/mol. The summed E-state index contributed by atoms with van der Waals surface area (Å²) in [7, 11) is 0. The van der Waals surface area contributed by atoms with Crippen molar-refractivity contribution in [2.75, 3.05) is 12.3 Å². The van der Waals surface area contributed by atoms with Crippen LogP contribution in [0.15, 0.2) is 45.7 Å². The van der Waals surface area contributed by atoms with E-state index in [1.54, 1.807) is 28.8 Å². The molecule has 0 unspecified atom stereocenters. The second-order valence-corrected chi connectivity index (χ2v) is 9.16. The molecule has 1 aliphatic heterocycles. The van der Waals surface area contributed by atoms with Crippen molar-refractivity contribution in [1.82, 2.24) is 14.5 Å². The number of piperidine rings is 1. The molecule has 146 valence electrons. The maximum Gasteiger partial charge on any atom is 0.276 e. The molecule has 0 saturated carbocycles. The second-order valence-electron chi connectivity index (χ2n) is 6.87. The van der Waals surface area contributed by atoms with Crippen LogP contribution in [0.5, 0.6) is 0 Å². The summed E-state index contributed by atoms with van der Waals surface area (Å²) in [4.78, 5) is 32.4. The maximum atomic E-state index is 13.1. The normalized spacial score (nSPS) is 17.2. The number of thiophene rings is 1. The molecule has 2 aromatic heterocycles. The van der Waals surface area contributed by atoms with Gasteiger partial charge in [0.15, 0.2) is 5.16 Å². The first-order valence-electron chi connectivity index (χ1n) is 9.23. The summed E-state index contributed by atoms with van der Waals surface area (Å²) < 4.78 is 2.18. The van der Waals surface area contributed by atoms with E-state index < -0.39 is 0 Å². The van der Waals surface area contributed by atoms with Crippen LogP contribution in [0.4, 0.5) is 0 Å². The summed E-state index contributed by atoms with van der Waals surface area (Å²) in [6.07, 6.45) is 3.27. The molecule has 28 heavy (non-hydrogen) atoms. The van der Waals surface area contributed by atoms with Gasteiger partial charge in [-0.3, -0.25) is 14.2 Å². The van der Waals surface area contributed by atoms with Crippen LogP contribution in [0.3, 0.4) is 0 Å². The van der Waals surface area contributed by atoms with Gasteiger partial charge in [-0.15, -0.1) is 11.3 Å². The van der Waals surface area contributed by atoms with Gasteiger partial charge >= 0.3 is 0 Å². The third-order valence-electron chi connectivity index (χ3n) is 4.98. The van der Waals surface area contributed by atoms with E-state index in [9.17, 15) is 9.59 Å². The van der Waals surface area contributed by atoms with Crippen LogP contribution in [0.1, 0.15) is 26.2 Å². The highest BCUT2D eigenvalue weighted by Gasteiger charge is 2.24. The molecule has 1 amide bonds. The number of nitrogens with zero attached hydrogens (tertiary/aromatic N) is 3. The summed E-state index contributed by atoms with van der Waals surface area (Å²) in [5, 5.41) is 2.99. The lowest BCUT2D eigenvalue weighted by Gasteiger charge is -2.33. The number of hydrogen-bond acceptors (Lipinski definition) is 5. The first-order valence-corrected chi connectivity index (χ1v) is 11.5. The molecule has 0 N–H and O–H groups in total. The minimum absolute atomic E-state index is 0.0968. The third-order valence-corrected chi connectivity index (χ3v) is 7.05. The number of fused-ring (bicyclic) bond motifs is 1. The molecule has 1 aliphatic rings. The van der Waals surface area contributed by atoms with Gasteiger partial charge in [-0.25, -0.2) is 4.98 Å². The summed E-state index contributed by atoms with van der Waals surface area (Å²) in [6, 6.07) is 9.19. The van der Waals surface area contributed by atoms with Crippen LogP contribution >= 0.6 is 34.7 Å². The van der Waals surface area contributed by atoms with Crippen LogP contribution in [0, 0.1) is 0 Å². The van der Waals surface area contributed by atoms with E-state index in [1.807, 2.05) is 16.3 Å². The minimum atomic E-state index is -0.122. The molecule has 5 nitrogen and oxygen atoms in total. The van der Waals surface area contributed by atoms with Crippen molar-refractivity contribution in [1.29, 1.82) is 0 Å². The lowest BCUT2D eigenvalue weighted by atomic mass is 10.0. The van der Waals surface area contributed by atoms with Crippen molar-refractivity contribution in [3.63, 3.8) is 0 Å². The van der Waals surface area contributed by atoms with Gasteiger partial charge in [0.25, 0.3) is 5.56 Å². The van der Waals surface area contributed by atoms with Gasteiger partial charge in [-0.05, 0) is 61.9 Å². The van der Waals surface area contributed by atoms with E-state index in [0.717, 1.165) is 19.4 Å². The number of hydrogen-bond donors (Lipinski definition) is 0. The Bertz CT molecular complexity index is 1060. The predicted octanol–water partition coefficient (Wildman–Crippen LogP) is 4.59. The van der Waals surface area contributed by atoms with Gasteiger partial charge in [0.1, 0.15) is 4.70 Å². The second kappa shape index (κ2) is 8.27. The number of carbonyl (C=O) groups is 1. The fraction of sp³-hybridized carbons (Fsp3) is 0.350. The smallest absolute Gasteiger partial charge is 0.276 e. The molecule has 1 atom stereocenters. The summed E-state index contributed by atoms with van der Waals surface area (Å²) in [5.74, 6) is 0.361. The molecule has 0 bridgehead atoms. The van der Waals surface area contributed by atoms with Crippen molar-refractivity contribution in [2.24, 2.45) is 0 Å². The Morgan fingerprint density at radius 2 is 2.07 bits per heavy atom. The van der Waals surface area contributed by atoms with Gasteiger partial charge in [-0.2, -0.15) is 0 Å². The van der Waals surface area contributed by atoms with Crippen molar-refractivity contribution in [2.45, 2.75) is 37.4 Å². The number of carbonyl (C=O) groups excluding carboxylic acids is 1. The zero-order valence-corrected chi connectivity index (χ0v) is 17.8. The van der Waals surface area contributed by atoms with Gasteiger partial charge in [-0.1, -0.05) is 23.4 Å². The molecule has 1 saturated heterocycles. The largest absolute Gasteiger partial charge is 0.339 e. The van der Waals surface area contributed by atoms with Crippen molar-refractivity contribution >= 4 is 50.8 Å². The van der Waals surface area contributed by atoms with Crippen molar-refractivity contribution < 1.29 is 4.79 Å². The molecule has 8 heteroatoms. The van der Waals surface area contributed by atoms with E-state index in [-0.39, 0.29) is 23.3 Å². The van der Waals surface area contributed by atoms with E-state index in [0.29, 0.717) is 26.1 Å². The van der Waals surface area contributed by atoms with Crippen molar-refractivity contribution in [3.05, 3.63) is 51.1 Å². The van der Waals surface area contributed by atoms with Gasteiger partial charge < -0.3 is 4.90 Å². The van der Waals surface area contributed by atoms with E-state index >= 15 is 0 Å².